The van der Waals surface area contributed by atoms with Crippen LogP contribution in [0.3, 0.4) is 0 Å². The Labute approximate surface area is 191 Å². The monoisotopic (exact) mass is 540 g/mol. The van der Waals surface area contributed by atoms with Gasteiger partial charge in [-0.05, 0) is 38.0 Å². The molecular formula is C19H33IN4O4S. The molecule has 1 aromatic rings. The molecule has 0 aromatic heterocycles. The van der Waals surface area contributed by atoms with Crippen LogP contribution in [-0.2, 0) is 10.0 Å². The maximum absolute atomic E-state index is 11.5. The van der Waals surface area contributed by atoms with Crippen LogP contribution in [0.25, 0.3) is 0 Å². The van der Waals surface area contributed by atoms with Crippen molar-refractivity contribution in [1.29, 1.82) is 0 Å². The van der Waals surface area contributed by atoms with Gasteiger partial charge in [0.1, 0.15) is 11.5 Å². The van der Waals surface area contributed by atoms with Gasteiger partial charge in [-0.2, -0.15) is 0 Å². The van der Waals surface area contributed by atoms with Crippen LogP contribution in [-0.4, -0.2) is 72.0 Å². The van der Waals surface area contributed by atoms with Gasteiger partial charge in [-0.15, -0.1) is 24.0 Å². The minimum absolute atomic E-state index is 0. The summed E-state index contributed by atoms with van der Waals surface area (Å²) >= 11 is 0. The molecular weight excluding hydrogens is 507 g/mol. The quantitative estimate of drug-likeness (QED) is 0.313. The molecule has 0 saturated carbocycles. The third-order valence-corrected chi connectivity index (χ3v) is 5.62. The Balaban J connectivity index is 0.00000420. The SMILES string of the molecule is CN=C(NCC(C)(C)NS(C)(=O)=O)N1CCC(c2cc(OC)cc(OC)c2)C1.I. The van der Waals surface area contributed by atoms with Crippen LogP contribution >= 0.6 is 24.0 Å². The Kier molecular flexibility index (Phi) is 9.48. The van der Waals surface area contributed by atoms with Crippen LogP contribution in [0.4, 0.5) is 0 Å². The van der Waals surface area contributed by atoms with E-state index in [0.29, 0.717) is 12.5 Å². The number of nitrogens with one attached hydrogen (secondary N) is 2. The molecule has 1 aliphatic rings. The maximum atomic E-state index is 11.5. The molecule has 1 aromatic carbocycles. The summed E-state index contributed by atoms with van der Waals surface area (Å²) in [4.78, 5) is 6.56. The summed E-state index contributed by atoms with van der Waals surface area (Å²) in [5.41, 5.74) is 0.552. The van der Waals surface area contributed by atoms with Crippen LogP contribution in [0, 0.1) is 0 Å². The topological polar surface area (TPSA) is 92.3 Å². The van der Waals surface area contributed by atoms with Gasteiger partial charge < -0.3 is 19.7 Å². The van der Waals surface area contributed by atoms with Gasteiger partial charge in [0.25, 0.3) is 0 Å². The number of benzene rings is 1. The van der Waals surface area contributed by atoms with Gasteiger partial charge in [-0.25, -0.2) is 13.1 Å². The van der Waals surface area contributed by atoms with E-state index in [1.807, 2.05) is 32.0 Å². The van der Waals surface area contributed by atoms with Gasteiger partial charge >= 0.3 is 0 Å². The second-order valence-corrected chi connectivity index (χ2v) is 9.48. The van der Waals surface area contributed by atoms with E-state index in [1.165, 1.54) is 5.56 Å². The Morgan fingerprint density at radius 3 is 2.31 bits per heavy atom. The molecule has 10 heteroatoms. The molecule has 0 aliphatic carbocycles. The standard InChI is InChI=1S/C19H32N4O4S.HI/c1-19(2,22-28(6,24)25)13-21-18(20-3)23-8-7-14(12-23)15-9-16(26-4)11-17(10-15)27-5;/h9-11,14,22H,7-8,12-13H2,1-6H3,(H,20,21);1H. The number of aliphatic imine (C=N–C) groups is 1. The van der Waals surface area contributed by atoms with Gasteiger partial charge in [0.2, 0.25) is 10.0 Å². The molecule has 0 bridgehead atoms. The van der Waals surface area contributed by atoms with E-state index < -0.39 is 15.6 Å². The van der Waals surface area contributed by atoms with E-state index in [-0.39, 0.29) is 24.0 Å². The Hall–Kier alpha value is -1.27. The number of likely N-dealkylation sites (tertiary alicyclic amines) is 1. The maximum Gasteiger partial charge on any atom is 0.209 e. The molecule has 0 amide bonds. The summed E-state index contributed by atoms with van der Waals surface area (Å²) in [6, 6.07) is 5.96. The molecule has 1 atom stereocenters. The number of nitrogens with zero attached hydrogens (tertiary/aromatic N) is 2. The lowest BCUT2D eigenvalue weighted by Crippen LogP contribution is -2.53. The molecule has 1 saturated heterocycles. The fourth-order valence-corrected chi connectivity index (χ4v) is 4.54. The number of hydrogen-bond donors (Lipinski definition) is 2. The largest absolute Gasteiger partial charge is 0.497 e. The highest BCUT2D eigenvalue weighted by atomic mass is 127. The van der Waals surface area contributed by atoms with Crippen LogP contribution in [0.1, 0.15) is 31.7 Å². The molecule has 0 spiro atoms. The molecule has 1 unspecified atom stereocenters. The summed E-state index contributed by atoms with van der Waals surface area (Å²) in [5, 5.41) is 3.29. The summed E-state index contributed by atoms with van der Waals surface area (Å²) in [6.07, 6.45) is 2.15. The number of halogens is 1. The smallest absolute Gasteiger partial charge is 0.209 e. The Morgan fingerprint density at radius 1 is 1.24 bits per heavy atom. The Bertz CT molecular complexity index is 792. The number of hydrogen-bond acceptors (Lipinski definition) is 5. The van der Waals surface area contributed by atoms with E-state index in [9.17, 15) is 8.42 Å². The van der Waals surface area contributed by atoms with Crippen molar-refractivity contribution < 1.29 is 17.9 Å². The number of methoxy groups -OCH3 is 2. The van der Waals surface area contributed by atoms with Gasteiger partial charge in [-0.1, -0.05) is 0 Å². The summed E-state index contributed by atoms with van der Waals surface area (Å²) in [5.74, 6) is 2.67. The molecule has 29 heavy (non-hydrogen) atoms. The summed E-state index contributed by atoms with van der Waals surface area (Å²) < 4.78 is 36.4. The average molecular weight is 540 g/mol. The third-order valence-electron chi connectivity index (χ3n) is 4.69. The van der Waals surface area contributed by atoms with Crippen molar-refractivity contribution in [2.75, 3.05) is 47.2 Å². The van der Waals surface area contributed by atoms with E-state index in [1.54, 1.807) is 21.3 Å². The molecule has 1 fully saturated rings. The van der Waals surface area contributed by atoms with Crippen molar-refractivity contribution in [3.8, 4) is 11.5 Å². The number of sulfonamides is 1. The lowest BCUT2D eigenvalue weighted by atomic mass is 9.98. The zero-order valence-electron chi connectivity index (χ0n) is 18.0. The van der Waals surface area contributed by atoms with Crippen LogP contribution in [0.5, 0.6) is 11.5 Å². The first-order chi connectivity index (χ1) is 13.1. The molecule has 2 rings (SSSR count). The number of rotatable bonds is 7. The van der Waals surface area contributed by atoms with Crippen LogP contribution < -0.4 is 19.5 Å². The lowest BCUT2D eigenvalue weighted by molar-refractivity contribution is 0.392. The average Bonchev–Trinajstić information content (AvgIpc) is 3.09. The first-order valence-corrected chi connectivity index (χ1v) is 11.1. The number of guanidine groups is 1. The molecule has 1 aliphatic heterocycles. The van der Waals surface area contributed by atoms with Crippen molar-refractivity contribution in [3.63, 3.8) is 0 Å². The highest BCUT2D eigenvalue weighted by Crippen LogP contribution is 2.32. The van der Waals surface area contributed by atoms with E-state index >= 15 is 0 Å². The van der Waals surface area contributed by atoms with Crippen molar-refractivity contribution >= 4 is 40.0 Å². The zero-order valence-corrected chi connectivity index (χ0v) is 21.1. The summed E-state index contributed by atoms with van der Waals surface area (Å²) in [7, 11) is 1.76. The van der Waals surface area contributed by atoms with Crippen molar-refractivity contribution in [1.82, 2.24) is 14.9 Å². The van der Waals surface area contributed by atoms with Crippen molar-refractivity contribution in [2.45, 2.75) is 31.7 Å². The van der Waals surface area contributed by atoms with Crippen LogP contribution in [0.15, 0.2) is 23.2 Å². The van der Waals surface area contributed by atoms with Crippen LogP contribution in [0.2, 0.25) is 0 Å². The lowest BCUT2D eigenvalue weighted by Gasteiger charge is -2.29. The van der Waals surface area contributed by atoms with Crippen molar-refractivity contribution in [2.24, 2.45) is 4.99 Å². The highest BCUT2D eigenvalue weighted by molar-refractivity contribution is 14.0. The fourth-order valence-electron chi connectivity index (χ4n) is 3.46. The minimum Gasteiger partial charge on any atom is -0.497 e. The third kappa shape index (κ3) is 7.82. The van der Waals surface area contributed by atoms with E-state index in [2.05, 4.69) is 19.9 Å². The van der Waals surface area contributed by atoms with E-state index in [4.69, 9.17) is 9.47 Å². The number of ether oxygens (including phenoxy) is 2. The molecule has 0 radical (unpaired) electrons. The minimum atomic E-state index is -3.28. The predicted octanol–water partition coefficient (Wildman–Crippen LogP) is 2.01. The van der Waals surface area contributed by atoms with Gasteiger partial charge in [0, 0.05) is 44.2 Å². The Morgan fingerprint density at radius 2 is 1.83 bits per heavy atom. The van der Waals surface area contributed by atoms with Crippen molar-refractivity contribution in [3.05, 3.63) is 23.8 Å². The fraction of sp³-hybridized carbons (Fsp3) is 0.632. The molecule has 2 N–H and O–H groups in total. The molecule has 166 valence electrons. The second kappa shape index (κ2) is 10.7. The first kappa shape index (κ1) is 25.8. The molecule has 1 heterocycles. The normalized spacial score (nSPS) is 17.7. The second-order valence-electron chi connectivity index (χ2n) is 7.74. The van der Waals surface area contributed by atoms with Gasteiger partial charge in [0.05, 0.1) is 20.5 Å². The highest BCUT2D eigenvalue weighted by Gasteiger charge is 2.28. The first-order valence-electron chi connectivity index (χ1n) is 9.24. The zero-order chi connectivity index (χ0) is 20.9. The molecule has 8 nitrogen and oxygen atoms in total. The predicted molar refractivity (Wildman–Crippen MR) is 127 cm³/mol. The van der Waals surface area contributed by atoms with E-state index in [0.717, 1.165) is 43.2 Å². The van der Waals surface area contributed by atoms with Gasteiger partial charge in [0.15, 0.2) is 5.96 Å². The van der Waals surface area contributed by atoms with Gasteiger partial charge in [-0.3, -0.25) is 4.99 Å². The summed E-state index contributed by atoms with van der Waals surface area (Å²) in [6.45, 7) is 5.79.